The number of aromatic nitrogens is 1. The van der Waals surface area contributed by atoms with Gasteiger partial charge in [-0.2, -0.15) is 0 Å². The van der Waals surface area contributed by atoms with Gasteiger partial charge in [0, 0.05) is 6.42 Å². The summed E-state index contributed by atoms with van der Waals surface area (Å²) in [4.78, 5) is 27.6. The number of nitrogens with zero attached hydrogens (tertiary/aromatic N) is 1. The van der Waals surface area contributed by atoms with Crippen LogP contribution in [0.1, 0.15) is 10.4 Å². The molecule has 1 aliphatic heterocycles. The van der Waals surface area contributed by atoms with Gasteiger partial charge >= 0.3 is 0 Å². The predicted molar refractivity (Wildman–Crippen MR) is 93.5 cm³/mol. The zero-order valence-corrected chi connectivity index (χ0v) is 14.5. The molecule has 2 amide bonds. The number of aromatic hydroxyl groups is 1. The van der Waals surface area contributed by atoms with Crippen molar-refractivity contribution in [1.82, 2.24) is 10.3 Å². The Labute approximate surface area is 150 Å². The maximum atomic E-state index is 11.6. The Morgan fingerprint density at radius 2 is 2.21 bits per heavy atom. The molecule has 0 aliphatic carbocycles. The van der Waals surface area contributed by atoms with Gasteiger partial charge in [0.2, 0.25) is 5.88 Å². The molecular weight excluding hydrogens is 372 g/mol. The Morgan fingerprint density at radius 3 is 2.88 bits per heavy atom. The number of nitrogens with one attached hydrogen (secondary N) is 1. The molecular formula is C15H11ClN2O4S2. The quantitative estimate of drug-likeness (QED) is 0.770. The molecule has 0 radical (unpaired) electrons. The van der Waals surface area contributed by atoms with Crippen molar-refractivity contribution < 1.29 is 19.4 Å². The van der Waals surface area contributed by atoms with E-state index in [4.69, 9.17) is 16.3 Å². The fraction of sp³-hybridized carbons (Fsp3) is 0.133. The molecule has 9 heteroatoms. The summed E-state index contributed by atoms with van der Waals surface area (Å²) in [6, 6.07) is 5.19. The van der Waals surface area contributed by atoms with Gasteiger partial charge in [0.05, 0.1) is 26.9 Å². The molecule has 1 aromatic carbocycles. The lowest BCUT2D eigenvalue weighted by Gasteiger charge is -2.09. The maximum absolute atomic E-state index is 11.6. The zero-order chi connectivity index (χ0) is 17.1. The topological polar surface area (TPSA) is 88.5 Å². The number of halogens is 1. The van der Waals surface area contributed by atoms with Crippen LogP contribution < -0.4 is 10.1 Å². The van der Waals surface area contributed by atoms with Gasteiger partial charge in [0.25, 0.3) is 11.1 Å². The van der Waals surface area contributed by atoms with Crippen molar-refractivity contribution in [3.8, 4) is 11.6 Å². The number of imide groups is 1. The molecule has 1 aromatic heterocycles. The number of thiazole rings is 1. The van der Waals surface area contributed by atoms with E-state index < -0.39 is 11.1 Å². The number of amides is 2. The zero-order valence-electron chi connectivity index (χ0n) is 12.1. The van der Waals surface area contributed by atoms with Crippen LogP contribution in [0.4, 0.5) is 4.79 Å². The molecule has 3 rings (SSSR count). The third kappa shape index (κ3) is 3.72. The second kappa shape index (κ2) is 7.25. The van der Waals surface area contributed by atoms with Gasteiger partial charge in [-0.3, -0.25) is 14.9 Å². The molecule has 24 heavy (non-hydrogen) atoms. The van der Waals surface area contributed by atoms with Crippen LogP contribution in [0.15, 0.2) is 28.6 Å². The molecule has 1 aliphatic rings. The number of rotatable bonds is 5. The first-order chi connectivity index (χ1) is 11.5. The minimum atomic E-state index is -0.437. The molecule has 1 fully saturated rings. The molecule has 2 aromatic rings. The summed E-state index contributed by atoms with van der Waals surface area (Å²) in [5, 5.41) is 11.6. The smallest absolute Gasteiger partial charge is 0.290 e. The maximum Gasteiger partial charge on any atom is 0.290 e. The average Bonchev–Trinajstić information content (AvgIpc) is 3.08. The first kappa shape index (κ1) is 16.8. The van der Waals surface area contributed by atoms with Gasteiger partial charge in [-0.05, 0) is 29.5 Å². The number of ether oxygens (including phenoxy) is 1. The van der Waals surface area contributed by atoms with E-state index in [-0.39, 0.29) is 10.8 Å². The average molecular weight is 383 g/mol. The summed E-state index contributed by atoms with van der Waals surface area (Å²) in [5.41, 5.74) is 2.15. The number of hydrogen-bond donors (Lipinski definition) is 2. The van der Waals surface area contributed by atoms with E-state index in [9.17, 15) is 14.7 Å². The lowest BCUT2D eigenvalue weighted by atomic mass is 10.2. The molecule has 6 nitrogen and oxygen atoms in total. The third-order valence-corrected chi connectivity index (χ3v) is 5.22. The van der Waals surface area contributed by atoms with E-state index in [1.807, 2.05) is 0 Å². The number of thioether (sulfide) groups is 1. The summed E-state index contributed by atoms with van der Waals surface area (Å²) in [6.07, 6.45) is 2.06. The molecule has 0 unspecified atom stereocenters. The van der Waals surface area contributed by atoms with Crippen LogP contribution in [0.3, 0.4) is 0 Å². The number of hydrogen-bond acceptors (Lipinski definition) is 7. The van der Waals surface area contributed by atoms with E-state index >= 15 is 0 Å². The number of benzene rings is 1. The van der Waals surface area contributed by atoms with Gasteiger partial charge in [-0.25, -0.2) is 4.98 Å². The lowest BCUT2D eigenvalue weighted by Crippen LogP contribution is -2.17. The van der Waals surface area contributed by atoms with Crippen LogP contribution >= 0.6 is 34.7 Å². The Bertz CT molecular complexity index is 835. The van der Waals surface area contributed by atoms with Gasteiger partial charge in [0.15, 0.2) is 0 Å². The van der Waals surface area contributed by atoms with Crippen LogP contribution in [-0.2, 0) is 11.2 Å². The predicted octanol–water partition coefficient (Wildman–Crippen LogP) is 3.45. The molecule has 124 valence electrons. The van der Waals surface area contributed by atoms with Crippen molar-refractivity contribution in [3.63, 3.8) is 0 Å². The second-order valence-electron chi connectivity index (χ2n) is 4.71. The van der Waals surface area contributed by atoms with E-state index in [0.717, 1.165) is 16.6 Å². The Hall–Kier alpha value is -2.03. The highest BCUT2D eigenvalue weighted by Gasteiger charge is 2.25. The van der Waals surface area contributed by atoms with Crippen molar-refractivity contribution in [1.29, 1.82) is 0 Å². The van der Waals surface area contributed by atoms with Crippen LogP contribution in [0.2, 0.25) is 5.02 Å². The van der Waals surface area contributed by atoms with Crippen LogP contribution in [-0.4, -0.2) is 27.8 Å². The number of carbonyl (C=O) groups excluding carboxylic acids is 2. The van der Waals surface area contributed by atoms with Gasteiger partial charge in [-0.15, -0.1) is 11.3 Å². The van der Waals surface area contributed by atoms with Crippen molar-refractivity contribution >= 4 is 51.9 Å². The summed E-state index contributed by atoms with van der Waals surface area (Å²) in [7, 11) is 0. The SMILES string of the molecule is O=C1NC(=O)/C(=C/c2cccc(OCCc3scnc3O)c2Cl)S1. The normalized spacial score (nSPS) is 15.8. The lowest BCUT2D eigenvalue weighted by molar-refractivity contribution is -0.115. The highest BCUT2D eigenvalue weighted by Crippen LogP contribution is 2.33. The molecule has 1 saturated heterocycles. The first-order valence-electron chi connectivity index (χ1n) is 6.82. The van der Waals surface area contributed by atoms with E-state index in [2.05, 4.69) is 10.3 Å². The van der Waals surface area contributed by atoms with Crippen LogP contribution in [0.25, 0.3) is 6.08 Å². The van der Waals surface area contributed by atoms with Crippen molar-refractivity contribution in [2.24, 2.45) is 0 Å². The second-order valence-corrected chi connectivity index (χ2v) is 7.04. The van der Waals surface area contributed by atoms with E-state index in [1.165, 1.54) is 11.3 Å². The summed E-state index contributed by atoms with van der Waals surface area (Å²) in [6.45, 7) is 0.323. The standard InChI is InChI=1S/C15H11ClN2O4S2/c16-12-8(6-11-14(20)18-15(21)24-11)2-1-3-9(12)22-5-4-10-13(19)17-7-23-10/h1-3,6-7,19H,4-5H2,(H,18,20,21)/b11-6-. The summed E-state index contributed by atoms with van der Waals surface area (Å²) < 4.78 is 5.65. The highest BCUT2D eigenvalue weighted by molar-refractivity contribution is 8.18. The monoisotopic (exact) mass is 382 g/mol. The summed E-state index contributed by atoms with van der Waals surface area (Å²) in [5.74, 6) is 0.0416. The van der Waals surface area contributed by atoms with Gasteiger partial charge in [-0.1, -0.05) is 23.7 Å². The fourth-order valence-corrected chi connectivity index (χ4v) is 3.55. The molecule has 2 heterocycles. The molecule has 0 saturated carbocycles. The van der Waals surface area contributed by atoms with Crippen LogP contribution in [0, 0.1) is 0 Å². The molecule has 0 bridgehead atoms. The third-order valence-electron chi connectivity index (χ3n) is 3.13. The van der Waals surface area contributed by atoms with Crippen molar-refractivity contribution in [2.45, 2.75) is 6.42 Å². The van der Waals surface area contributed by atoms with Crippen molar-refractivity contribution in [2.75, 3.05) is 6.61 Å². The Morgan fingerprint density at radius 1 is 1.38 bits per heavy atom. The van der Waals surface area contributed by atoms with Gasteiger partial charge < -0.3 is 9.84 Å². The van der Waals surface area contributed by atoms with E-state index in [0.29, 0.717) is 29.4 Å². The van der Waals surface area contributed by atoms with E-state index in [1.54, 1.807) is 29.8 Å². The molecule has 0 atom stereocenters. The minimum Gasteiger partial charge on any atom is -0.492 e. The minimum absolute atomic E-state index is 0.0159. The number of carbonyl (C=O) groups is 2. The van der Waals surface area contributed by atoms with Crippen molar-refractivity contribution in [3.05, 3.63) is 44.1 Å². The van der Waals surface area contributed by atoms with Gasteiger partial charge in [0.1, 0.15) is 5.75 Å². The molecule has 2 N–H and O–H groups in total. The van der Waals surface area contributed by atoms with Crippen LogP contribution in [0.5, 0.6) is 11.6 Å². The Kier molecular flexibility index (Phi) is 5.08. The first-order valence-corrected chi connectivity index (χ1v) is 8.89. The largest absolute Gasteiger partial charge is 0.492 e. The Balaban J connectivity index is 1.71. The highest BCUT2D eigenvalue weighted by atomic mass is 35.5. The summed E-state index contributed by atoms with van der Waals surface area (Å²) >= 11 is 8.49. The molecule has 0 spiro atoms. The fourth-order valence-electron chi connectivity index (χ4n) is 2.00.